The van der Waals surface area contributed by atoms with E-state index in [0.717, 1.165) is 50.5 Å². The van der Waals surface area contributed by atoms with Crippen LogP contribution < -0.4 is 5.32 Å². The molecule has 0 aromatic carbocycles. The molecule has 1 saturated carbocycles. The lowest BCUT2D eigenvalue weighted by Gasteiger charge is -2.42. The van der Waals surface area contributed by atoms with Gasteiger partial charge in [0.2, 0.25) is 0 Å². The molecule has 2 atom stereocenters. The molecule has 0 radical (unpaired) electrons. The average molecular weight is 338 g/mol. The predicted molar refractivity (Wildman–Crippen MR) is 100 cm³/mol. The molecule has 2 N–H and O–H groups in total. The SMILES string of the molecule is CC1CCCCC1N1CCC(NCCCN2CCC(O)CC2)CC1. The van der Waals surface area contributed by atoms with Gasteiger partial charge in [-0.25, -0.2) is 0 Å². The van der Waals surface area contributed by atoms with Gasteiger partial charge in [0.25, 0.3) is 0 Å². The fraction of sp³-hybridized carbons (Fsp3) is 1.00. The quantitative estimate of drug-likeness (QED) is 0.730. The van der Waals surface area contributed by atoms with Gasteiger partial charge in [0.15, 0.2) is 0 Å². The van der Waals surface area contributed by atoms with Crippen LogP contribution in [0, 0.1) is 5.92 Å². The van der Waals surface area contributed by atoms with Crippen LogP contribution in [0.15, 0.2) is 0 Å². The van der Waals surface area contributed by atoms with Crippen LogP contribution in [0.4, 0.5) is 0 Å². The topological polar surface area (TPSA) is 38.7 Å². The Morgan fingerprint density at radius 3 is 2.33 bits per heavy atom. The molecule has 1 aliphatic carbocycles. The van der Waals surface area contributed by atoms with Crippen LogP contribution in [0.25, 0.3) is 0 Å². The van der Waals surface area contributed by atoms with Crippen LogP contribution in [0.3, 0.4) is 0 Å². The Balaban J connectivity index is 1.26. The van der Waals surface area contributed by atoms with E-state index >= 15 is 0 Å². The van der Waals surface area contributed by atoms with Crippen molar-refractivity contribution in [2.45, 2.75) is 82.9 Å². The number of aliphatic hydroxyl groups is 1. The predicted octanol–water partition coefficient (Wildman–Crippen LogP) is 2.47. The maximum atomic E-state index is 9.56. The summed E-state index contributed by atoms with van der Waals surface area (Å²) in [5, 5.41) is 13.4. The lowest BCUT2D eigenvalue weighted by atomic mass is 9.84. The van der Waals surface area contributed by atoms with Crippen LogP contribution in [0.2, 0.25) is 0 Å². The fourth-order valence-electron chi connectivity index (χ4n) is 5.03. The van der Waals surface area contributed by atoms with Crippen molar-refractivity contribution >= 4 is 0 Å². The maximum absolute atomic E-state index is 9.56. The van der Waals surface area contributed by atoms with Crippen molar-refractivity contribution < 1.29 is 5.11 Å². The number of piperidine rings is 2. The summed E-state index contributed by atoms with van der Waals surface area (Å²) >= 11 is 0. The summed E-state index contributed by atoms with van der Waals surface area (Å²) in [6, 6.07) is 1.61. The number of likely N-dealkylation sites (tertiary alicyclic amines) is 2. The molecule has 2 saturated heterocycles. The van der Waals surface area contributed by atoms with E-state index in [1.54, 1.807) is 0 Å². The van der Waals surface area contributed by atoms with Gasteiger partial charge in [-0.15, -0.1) is 0 Å². The fourth-order valence-corrected chi connectivity index (χ4v) is 5.03. The average Bonchev–Trinajstić information content (AvgIpc) is 2.61. The number of hydrogen-bond acceptors (Lipinski definition) is 4. The first-order chi connectivity index (χ1) is 11.7. The Morgan fingerprint density at radius 2 is 1.62 bits per heavy atom. The monoisotopic (exact) mass is 337 g/mol. The van der Waals surface area contributed by atoms with Crippen molar-refractivity contribution in [2.75, 3.05) is 39.3 Å². The van der Waals surface area contributed by atoms with Gasteiger partial charge >= 0.3 is 0 Å². The van der Waals surface area contributed by atoms with Crippen molar-refractivity contribution in [3.8, 4) is 0 Å². The molecule has 0 amide bonds. The van der Waals surface area contributed by atoms with E-state index in [2.05, 4.69) is 22.0 Å². The third-order valence-corrected chi connectivity index (χ3v) is 6.71. The van der Waals surface area contributed by atoms with Crippen molar-refractivity contribution in [3.05, 3.63) is 0 Å². The Labute approximate surface area is 149 Å². The van der Waals surface area contributed by atoms with Gasteiger partial charge in [-0.05, 0) is 77.0 Å². The molecule has 4 heteroatoms. The molecule has 140 valence electrons. The first-order valence-electron chi connectivity index (χ1n) is 10.6. The lowest BCUT2D eigenvalue weighted by Crippen LogP contribution is -2.49. The van der Waals surface area contributed by atoms with Crippen molar-refractivity contribution in [1.29, 1.82) is 0 Å². The van der Waals surface area contributed by atoms with E-state index in [0.29, 0.717) is 0 Å². The summed E-state index contributed by atoms with van der Waals surface area (Å²) in [4.78, 5) is 5.31. The molecule has 0 bridgehead atoms. The number of rotatable bonds is 6. The number of hydrogen-bond donors (Lipinski definition) is 2. The highest BCUT2D eigenvalue weighted by atomic mass is 16.3. The van der Waals surface area contributed by atoms with Gasteiger partial charge < -0.3 is 20.2 Å². The Morgan fingerprint density at radius 1 is 0.917 bits per heavy atom. The first-order valence-corrected chi connectivity index (χ1v) is 10.6. The summed E-state index contributed by atoms with van der Waals surface area (Å²) in [6.45, 7) is 9.58. The van der Waals surface area contributed by atoms with Gasteiger partial charge in [-0.2, -0.15) is 0 Å². The Kier molecular flexibility index (Phi) is 7.38. The summed E-state index contributed by atoms with van der Waals surface area (Å²) in [7, 11) is 0. The summed E-state index contributed by atoms with van der Waals surface area (Å²) in [6.07, 6.45) is 11.6. The molecule has 3 fully saturated rings. The van der Waals surface area contributed by atoms with Crippen LogP contribution >= 0.6 is 0 Å². The highest BCUT2D eigenvalue weighted by Gasteiger charge is 2.29. The van der Waals surface area contributed by atoms with Crippen molar-refractivity contribution in [3.63, 3.8) is 0 Å². The van der Waals surface area contributed by atoms with Gasteiger partial charge in [0.1, 0.15) is 0 Å². The Hall–Kier alpha value is -0.160. The second-order valence-electron chi connectivity index (χ2n) is 8.52. The van der Waals surface area contributed by atoms with Gasteiger partial charge in [0, 0.05) is 25.2 Å². The molecule has 0 aromatic rings. The van der Waals surface area contributed by atoms with Crippen LogP contribution in [0.1, 0.15) is 64.7 Å². The maximum Gasteiger partial charge on any atom is 0.0564 e. The van der Waals surface area contributed by atoms with E-state index in [9.17, 15) is 5.11 Å². The van der Waals surface area contributed by atoms with Crippen molar-refractivity contribution in [2.24, 2.45) is 5.92 Å². The molecule has 4 nitrogen and oxygen atoms in total. The highest BCUT2D eigenvalue weighted by Crippen LogP contribution is 2.29. The smallest absolute Gasteiger partial charge is 0.0564 e. The zero-order valence-electron chi connectivity index (χ0n) is 15.8. The molecule has 0 spiro atoms. The summed E-state index contributed by atoms with van der Waals surface area (Å²) < 4.78 is 0. The zero-order valence-corrected chi connectivity index (χ0v) is 15.8. The molecule has 2 aliphatic heterocycles. The molecular formula is C20H39N3O. The highest BCUT2D eigenvalue weighted by molar-refractivity contribution is 4.86. The third-order valence-electron chi connectivity index (χ3n) is 6.71. The van der Waals surface area contributed by atoms with Crippen LogP contribution in [-0.2, 0) is 0 Å². The van der Waals surface area contributed by atoms with E-state index in [1.165, 1.54) is 64.6 Å². The largest absolute Gasteiger partial charge is 0.393 e. The summed E-state index contributed by atoms with van der Waals surface area (Å²) in [5.74, 6) is 0.909. The summed E-state index contributed by atoms with van der Waals surface area (Å²) in [5.41, 5.74) is 0. The van der Waals surface area contributed by atoms with Gasteiger partial charge in [-0.1, -0.05) is 19.8 Å². The lowest BCUT2D eigenvalue weighted by molar-refractivity contribution is 0.0781. The minimum atomic E-state index is -0.0450. The third kappa shape index (κ3) is 5.42. The molecule has 2 unspecified atom stereocenters. The molecule has 24 heavy (non-hydrogen) atoms. The van der Waals surface area contributed by atoms with Gasteiger partial charge in [-0.3, -0.25) is 0 Å². The van der Waals surface area contributed by atoms with E-state index in [4.69, 9.17) is 0 Å². The zero-order chi connectivity index (χ0) is 16.8. The molecule has 3 aliphatic rings. The first kappa shape index (κ1) is 18.6. The standard InChI is InChI=1S/C20H39N3O/c1-17-5-2-3-6-20(17)23-15-7-18(8-16-23)21-11-4-12-22-13-9-19(24)10-14-22/h17-21,24H,2-16H2,1H3. The van der Waals surface area contributed by atoms with Crippen LogP contribution in [-0.4, -0.2) is 72.4 Å². The second-order valence-corrected chi connectivity index (χ2v) is 8.52. The van der Waals surface area contributed by atoms with E-state index in [1.807, 2.05) is 0 Å². The number of aliphatic hydroxyl groups excluding tert-OH is 1. The van der Waals surface area contributed by atoms with E-state index in [-0.39, 0.29) is 6.10 Å². The number of nitrogens with one attached hydrogen (secondary N) is 1. The normalized spacial score (nSPS) is 32.2. The molecule has 0 aromatic heterocycles. The second kappa shape index (κ2) is 9.51. The van der Waals surface area contributed by atoms with E-state index < -0.39 is 0 Å². The van der Waals surface area contributed by atoms with Crippen LogP contribution in [0.5, 0.6) is 0 Å². The minimum Gasteiger partial charge on any atom is -0.393 e. The molecular weight excluding hydrogens is 298 g/mol. The molecule has 2 heterocycles. The molecule has 3 rings (SSSR count). The Bertz CT molecular complexity index is 349. The van der Waals surface area contributed by atoms with Gasteiger partial charge in [0.05, 0.1) is 6.10 Å². The van der Waals surface area contributed by atoms with Crippen molar-refractivity contribution in [1.82, 2.24) is 15.1 Å². The minimum absolute atomic E-state index is 0.0450. The number of nitrogens with zero attached hydrogens (tertiary/aromatic N) is 2.